The average molecular weight is 376 g/mol. The van der Waals surface area contributed by atoms with Crippen molar-refractivity contribution in [3.05, 3.63) is 28.7 Å². The second-order valence-electron chi connectivity index (χ2n) is 5.26. The molecule has 7 heteroatoms. The van der Waals surface area contributed by atoms with Gasteiger partial charge in [-0.2, -0.15) is 4.31 Å². The van der Waals surface area contributed by atoms with E-state index in [0.717, 1.165) is 17.3 Å². The van der Waals surface area contributed by atoms with Gasteiger partial charge in [0.1, 0.15) is 0 Å². The van der Waals surface area contributed by atoms with Crippen LogP contribution < -0.4 is 0 Å². The Morgan fingerprint density at radius 3 is 2.62 bits per heavy atom. The predicted octanol–water partition coefficient (Wildman–Crippen LogP) is 2.71. The molecule has 1 aliphatic heterocycles. The third-order valence-electron chi connectivity index (χ3n) is 3.70. The minimum absolute atomic E-state index is 0.0941. The van der Waals surface area contributed by atoms with E-state index < -0.39 is 16.0 Å². The fraction of sp³-hybridized carbons (Fsp3) is 0.500. The molecule has 116 valence electrons. The monoisotopic (exact) mass is 375 g/mol. The van der Waals surface area contributed by atoms with Gasteiger partial charge in [0.05, 0.1) is 4.90 Å². The smallest absolute Gasteiger partial charge is 0.303 e. The van der Waals surface area contributed by atoms with E-state index in [4.69, 9.17) is 5.11 Å². The van der Waals surface area contributed by atoms with Crippen LogP contribution in [0.2, 0.25) is 0 Å². The molecular weight excluding hydrogens is 358 g/mol. The Labute approximate surface area is 133 Å². The zero-order chi connectivity index (χ0) is 15.5. The van der Waals surface area contributed by atoms with Crippen LogP contribution in [0.3, 0.4) is 0 Å². The molecule has 1 fully saturated rings. The molecule has 1 aromatic carbocycles. The molecule has 21 heavy (non-hydrogen) atoms. The van der Waals surface area contributed by atoms with Gasteiger partial charge in [-0.25, -0.2) is 8.42 Å². The summed E-state index contributed by atoms with van der Waals surface area (Å²) < 4.78 is 27.5. The van der Waals surface area contributed by atoms with Gasteiger partial charge >= 0.3 is 5.97 Å². The Kier molecular flexibility index (Phi) is 5.40. The number of carbonyl (C=O) groups is 1. The van der Waals surface area contributed by atoms with Crippen molar-refractivity contribution in [3.63, 3.8) is 0 Å². The first-order chi connectivity index (χ1) is 9.89. The first kappa shape index (κ1) is 16.5. The number of aliphatic carboxylic acids is 1. The summed E-state index contributed by atoms with van der Waals surface area (Å²) in [4.78, 5) is 10.9. The van der Waals surface area contributed by atoms with Crippen LogP contribution in [0.4, 0.5) is 0 Å². The van der Waals surface area contributed by atoms with E-state index in [1.165, 1.54) is 4.31 Å². The van der Waals surface area contributed by atoms with E-state index in [-0.39, 0.29) is 17.2 Å². The Morgan fingerprint density at radius 2 is 2.00 bits per heavy atom. The normalized spacial score (nSPS) is 20.3. The van der Waals surface area contributed by atoms with Crippen molar-refractivity contribution in [1.29, 1.82) is 0 Å². The van der Waals surface area contributed by atoms with Gasteiger partial charge in [-0.1, -0.05) is 15.9 Å². The Balaban J connectivity index is 2.09. The van der Waals surface area contributed by atoms with Crippen molar-refractivity contribution in [2.24, 2.45) is 5.92 Å². The first-order valence-electron chi connectivity index (χ1n) is 6.87. The Hall–Kier alpha value is -0.920. The highest BCUT2D eigenvalue weighted by Gasteiger charge is 2.30. The molecule has 1 aromatic rings. The molecule has 1 aliphatic rings. The number of hydrogen-bond donors (Lipinski definition) is 1. The van der Waals surface area contributed by atoms with Crippen molar-refractivity contribution in [3.8, 4) is 0 Å². The Bertz CT molecular complexity index is 600. The van der Waals surface area contributed by atoms with Crippen LogP contribution in [0.5, 0.6) is 0 Å². The molecule has 0 aromatic heterocycles. The standard InChI is InChI=1S/C14H18BrNO4S/c15-12-4-6-13(7-5-12)21(19,20)16-9-1-2-11(10-16)3-8-14(17)18/h4-7,11H,1-3,8-10H2,(H,17,18). The van der Waals surface area contributed by atoms with E-state index >= 15 is 0 Å². The molecule has 0 amide bonds. The molecule has 1 heterocycles. The molecule has 0 spiro atoms. The van der Waals surface area contributed by atoms with Gasteiger partial charge in [0.2, 0.25) is 10.0 Å². The molecule has 0 bridgehead atoms. The zero-order valence-corrected chi connectivity index (χ0v) is 13.9. The third kappa shape index (κ3) is 4.28. The van der Waals surface area contributed by atoms with Crippen LogP contribution in [0.15, 0.2) is 33.6 Å². The number of piperidine rings is 1. The third-order valence-corrected chi connectivity index (χ3v) is 6.11. The van der Waals surface area contributed by atoms with Crippen molar-refractivity contribution < 1.29 is 18.3 Å². The summed E-state index contributed by atoms with van der Waals surface area (Å²) in [5, 5.41) is 8.74. The summed E-state index contributed by atoms with van der Waals surface area (Å²) in [6.07, 6.45) is 2.29. The maximum Gasteiger partial charge on any atom is 0.303 e. The van der Waals surface area contributed by atoms with Gasteiger partial charge in [-0.05, 0) is 49.4 Å². The largest absolute Gasteiger partial charge is 0.481 e. The van der Waals surface area contributed by atoms with Crippen LogP contribution in [-0.2, 0) is 14.8 Å². The summed E-state index contributed by atoms with van der Waals surface area (Å²) in [5.74, 6) is -0.706. The number of carboxylic acid groups (broad SMARTS) is 1. The number of hydrogen-bond acceptors (Lipinski definition) is 3. The molecule has 1 unspecified atom stereocenters. The molecule has 2 rings (SSSR count). The fourth-order valence-corrected chi connectivity index (χ4v) is 4.38. The number of sulfonamides is 1. The van der Waals surface area contributed by atoms with Gasteiger partial charge < -0.3 is 5.11 Å². The minimum Gasteiger partial charge on any atom is -0.481 e. The van der Waals surface area contributed by atoms with Crippen LogP contribution in [0.1, 0.15) is 25.7 Å². The average Bonchev–Trinajstić information content (AvgIpc) is 2.46. The van der Waals surface area contributed by atoms with Crippen LogP contribution in [-0.4, -0.2) is 36.9 Å². The topological polar surface area (TPSA) is 74.7 Å². The summed E-state index contributed by atoms with van der Waals surface area (Å²) >= 11 is 3.29. The van der Waals surface area contributed by atoms with Crippen molar-refractivity contribution in [2.75, 3.05) is 13.1 Å². The lowest BCUT2D eigenvalue weighted by Crippen LogP contribution is -2.40. The number of carboxylic acids is 1. The van der Waals surface area contributed by atoms with Gasteiger partial charge in [0, 0.05) is 24.0 Å². The lowest BCUT2D eigenvalue weighted by Gasteiger charge is -2.31. The van der Waals surface area contributed by atoms with Crippen LogP contribution in [0, 0.1) is 5.92 Å². The zero-order valence-electron chi connectivity index (χ0n) is 11.5. The minimum atomic E-state index is -3.49. The van der Waals surface area contributed by atoms with E-state index in [2.05, 4.69) is 15.9 Å². The highest BCUT2D eigenvalue weighted by Crippen LogP contribution is 2.26. The molecule has 1 saturated heterocycles. The summed E-state index contributed by atoms with van der Waals surface area (Å²) in [7, 11) is -3.49. The van der Waals surface area contributed by atoms with E-state index in [1.54, 1.807) is 24.3 Å². The van der Waals surface area contributed by atoms with Gasteiger partial charge in [0.15, 0.2) is 0 Å². The van der Waals surface area contributed by atoms with E-state index in [9.17, 15) is 13.2 Å². The second kappa shape index (κ2) is 6.89. The number of benzene rings is 1. The number of nitrogens with zero attached hydrogens (tertiary/aromatic N) is 1. The van der Waals surface area contributed by atoms with Crippen molar-refractivity contribution >= 4 is 31.9 Å². The van der Waals surface area contributed by atoms with Crippen LogP contribution in [0.25, 0.3) is 0 Å². The Morgan fingerprint density at radius 1 is 1.33 bits per heavy atom. The highest BCUT2D eigenvalue weighted by atomic mass is 79.9. The lowest BCUT2D eigenvalue weighted by molar-refractivity contribution is -0.137. The summed E-state index contributed by atoms with van der Waals surface area (Å²) in [6, 6.07) is 6.58. The summed E-state index contributed by atoms with van der Waals surface area (Å²) in [5.41, 5.74) is 0. The molecule has 5 nitrogen and oxygen atoms in total. The van der Waals surface area contributed by atoms with Crippen molar-refractivity contribution in [1.82, 2.24) is 4.31 Å². The molecule has 0 saturated carbocycles. The summed E-state index contributed by atoms with van der Waals surface area (Å²) in [6.45, 7) is 0.910. The lowest BCUT2D eigenvalue weighted by atomic mass is 9.95. The highest BCUT2D eigenvalue weighted by molar-refractivity contribution is 9.10. The maximum absolute atomic E-state index is 12.6. The quantitative estimate of drug-likeness (QED) is 0.858. The number of rotatable bonds is 5. The van der Waals surface area contributed by atoms with Gasteiger partial charge in [0.25, 0.3) is 0 Å². The molecule has 0 aliphatic carbocycles. The molecule has 1 N–H and O–H groups in total. The predicted molar refractivity (Wildman–Crippen MR) is 82.5 cm³/mol. The van der Waals surface area contributed by atoms with Gasteiger partial charge in [-0.15, -0.1) is 0 Å². The number of halogens is 1. The SMILES string of the molecule is O=C(O)CCC1CCCN(S(=O)(=O)c2ccc(Br)cc2)C1. The van der Waals surface area contributed by atoms with Gasteiger partial charge in [-0.3, -0.25) is 4.79 Å². The molecule has 0 radical (unpaired) electrons. The molecular formula is C14H18BrNO4S. The van der Waals surface area contributed by atoms with E-state index in [1.807, 2.05) is 0 Å². The first-order valence-corrected chi connectivity index (χ1v) is 9.10. The van der Waals surface area contributed by atoms with Crippen molar-refractivity contribution in [2.45, 2.75) is 30.6 Å². The second-order valence-corrected chi connectivity index (χ2v) is 8.11. The maximum atomic E-state index is 12.6. The fourth-order valence-electron chi connectivity index (χ4n) is 2.56. The van der Waals surface area contributed by atoms with E-state index in [0.29, 0.717) is 19.5 Å². The van der Waals surface area contributed by atoms with Crippen LogP contribution >= 0.6 is 15.9 Å². The molecule has 1 atom stereocenters.